The average Bonchev–Trinajstić information content (AvgIpc) is 2.58. The third-order valence-corrected chi connectivity index (χ3v) is 1.99. The summed E-state index contributed by atoms with van der Waals surface area (Å²) in [5.41, 5.74) is 0. The number of hydrogen-bond acceptors (Lipinski definition) is 1. The highest BCUT2D eigenvalue weighted by Gasteiger charge is 2.35. The fourth-order valence-corrected chi connectivity index (χ4v) is 1.26. The maximum Gasteiger partial charge on any atom is 0.315 e. The van der Waals surface area contributed by atoms with Crippen LogP contribution in [-0.2, 0) is 0 Å². The highest BCUT2D eigenvalue weighted by Crippen LogP contribution is 2.33. The normalized spacial score (nSPS) is 27.6. The molecule has 1 aliphatic heterocycles. The summed E-state index contributed by atoms with van der Waals surface area (Å²) >= 11 is 0. The van der Waals surface area contributed by atoms with E-state index in [0.29, 0.717) is 6.04 Å². The second kappa shape index (κ2) is 4.02. The summed E-state index contributed by atoms with van der Waals surface area (Å²) in [5.74, 6) is 0.781. The van der Waals surface area contributed by atoms with Crippen molar-refractivity contribution in [2.75, 3.05) is 6.54 Å². The van der Waals surface area contributed by atoms with Crippen molar-refractivity contribution in [3.8, 4) is 0 Å². The van der Waals surface area contributed by atoms with Gasteiger partial charge in [-0.3, -0.25) is 0 Å². The second-order valence-electron chi connectivity index (χ2n) is 2.80. The first-order valence-corrected chi connectivity index (χ1v) is 3.40. The minimum Gasteiger partial charge on any atom is -0.336 e. The predicted octanol–water partition coefficient (Wildman–Crippen LogP) is 0.921. The SMILES string of the molecule is Cl.Cl.O=C1NCC(C2CC2)N1. The van der Waals surface area contributed by atoms with Crippen LogP contribution in [0.4, 0.5) is 4.79 Å². The van der Waals surface area contributed by atoms with Gasteiger partial charge in [-0.25, -0.2) is 4.79 Å². The van der Waals surface area contributed by atoms with Crippen molar-refractivity contribution < 1.29 is 4.79 Å². The molecule has 1 aliphatic carbocycles. The molecule has 0 aromatic rings. The molecule has 0 radical (unpaired) electrons. The van der Waals surface area contributed by atoms with Crippen LogP contribution >= 0.6 is 24.8 Å². The van der Waals surface area contributed by atoms with E-state index in [1.807, 2.05) is 0 Å². The van der Waals surface area contributed by atoms with Crippen molar-refractivity contribution in [3.05, 3.63) is 0 Å². The lowest BCUT2D eigenvalue weighted by Gasteiger charge is -2.02. The van der Waals surface area contributed by atoms with Crippen molar-refractivity contribution >= 4 is 30.8 Å². The van der Waals surface area contributed by atoms with Gasteiger partial charge in [-0.2, -0.15) is 0 Å². The van der Waals surface area contributed by atoms with Crippen LogP contribution in [0.2, 0.25) is 0 Å². The maximum atomic E-state index is 10.6. The first-order valence-electron chi connectivity index (χ1n) is 3.40. The highest BCUT2D eigenvalue weighted by molar-refractivity contribution is 5.85. The molecule has 2 N–H and O–H groups in total. The lowest BCUT2D eigenvalue weighted by Crippen LogP contribution is -2.28. The lowest BCUT2D eigenvalue weighted by molar-refractivity contribution is 0.247. The van der Waals surface area contributed by atoms with Gasteiger partial charge in [0.15, 0.2) is 0 Å². The van der Waals surface area contributed by atoms with Crippen LogP contribution in [0.5, 0.6) is 0 Å². The van der Waals surface area contributed by atoms with Crippen LogP contribution in [0.15, 0.2) is 0 Å². The van der Waals surface area contributed by atoms with E-state index < -0.39 is 0 Å². The summed E-state index contributed by atoms with van der Waals surface area (Å²) in [6, 6.07) is 0.449. The van der Waals surface area contributed by atoms with E-state index in [0.717, 1.165) is 12.5 Å². The zero-order valence-electron chi connectivity index (χ0n) is 6.00. The number of carbonyl (C=O) groups excluding carboxylic acids is 1. The van der Waals surface area contributed by atoms with Crippen molar-refractivity contribution in [2.45, 2.75) is 18.9 Å². The number of amides is 2. The molecule has 11 heavy (non-hydrogen) atoms. The van der Waals surface area contributed by atoms with Gasteiger partial charge in [-0.15, -0.1) is 24.8 Å². The zero-order chi connectivity index (χ0) is 6.27. The molecule has 0 aromatic heterocycles. The van der Waals surface area contributed by atoms with E-state index in [1.54, 1.807) is 0 Å². The molecule has 2 amide bonds. The zero-order valence-corrected chi connectivity index (χ0v) is 7.63. The molecule has 0 spiro atoms. The molecule has 1 heterocycles. The molecule has 0 bridgehead atoms. The van der Waals surface area contributed by atoms with E-state index in [4.69, 9.17) is 0 Å². The minimum atomic E-state index is 0. The van der Waals surface area contributed by atoms with Crippen molar-refractivity contribution in [3.63, 3.8) is 0 Å². The highest BCUT2D eigenvalue weighted by atomic mass is 35.5. The van der Waals surface area contributed by atoms with Crippen LogP contribution in [0.3, 0.4) is 0 Å². The number of nitrogens with one attached hydrogen (secondary N) is 2. The average molecular weight is 199 g/mol. The third-order valence-electron chi connectivity index (χ3n) is 1.99. The molecule has 3 nitrogen and oxygen atoms in total. The number of urea groups is 1. The fraction of sp³-hybridized carbons (Fsp3) is 0.833. The molecule has 1 unspecified atom stereocenters. The molecule has 1 saturated carbocycles. The summed E-state index contributed by atoms with van der Waals surface area (Å²) in [6.07, 6.45) is 2.60. The lowest BCUT2D eigenvalue weighted by atomic mass is 10.2. The van der Waals surface area contributed by atoms with Gasteiger partial charge in [-0.1, -0.05) is 0 Å². The third kappa shape index (κ3) is 2.42. The Kier molecular flexibility index (Phi) is 3.97. The number of halogens is 2. The second-order valence-corrected chi connectivity index (χ2v) is 2.80. The van der Waals surface area contributed by atoms with E-state index in [-0.39, 0.29) is 30.8 Å². The Labute approximate surface area is 78.1 Å². The Bertz CT molecular complexity index is 150. The number of rotatable bonds is 1. The maximum absolute atomic E-state index is 10.6. The molecular formula is C6H12Cl2N2O. The smallest absolute Gasteiger partial charge is 0.315 e. The largest absolute Gasteiger partial charge is 0.336 e. The standard InChI is InChI=1S/C6H10N2O.2ClH/c9-6-7-3-5(8-6)4-1-2-4;;/h4-5H,1-3H2,(H2,7,8,9);2*1H. The van der Waals surface area contributed by atoms with Crippen molar-refractivity contribution in [1.82, 2.24) is 10.6 Å². The Morgan fingerprint density at radius 1 is 1.27 bits per heavy atom. The monoisotopic (exact) mass is 198 g/mol. The molecule has 2 fully saturated rings. The molecule has 2 rings (SSSR count). The first kappa shape index (κ1) is 10.8. The fourth-order valence-electron chi connectivity index (χ4n) is 1.26. The molecular weight excluding hydrogens is 187 g/mol. The minimum absolute atomic E-state index is 0. The topological polar surface area (TPSA) is 41.1 Å². The van der Waals surface area contributed by atoms with Gasteiger partial charge in [0.05, 0.1) is 6.04 Å². The Morgan fingerprint density at radius 2 is 1.91 bits per heavy atom. The van der Waals surface area contributed by atoms with E-state index >= 15 is 0 Å². The predicted molar refractivity (Wildman–Crippen MR) is 47.5 cm³/mol. The van der Waals surface area contributed by atoms with Crippen molar-refractivity contribution in [2.24, 2.45) is 5.92 Å². The summed E-state index contributed by atoms with van der Waals surface area (Å²) < 4.78 is 0. The van der Waals surface area contributed by atoms with Gasteiger partial charge in [0.1, 0.15) is 0 Å². The summed E-state index contributed by atoms with van der Waals surface area (Å²) in [7, 11) is 0. The van der Waals surface area contributed by atoms with Gasteiger partial charge in [0.25, 0.3) is 0 Å². The number of hydrogen-bond donors (Lipinski definition) is 2. The Hall–Kier alpha value is -0.150. The van der Waals surface area contributed by atoms with Crippen LogP contribution in [0, 0.1) is 5.92 Å². The van der Waals surface area contributed by atoms with Crippen LogP contribution in [-0.4, -0.2) is 18.6 Å². The van der Waals surface area contributed by atoms with Crippen LogP contribution < -0.4 is 10.6 Å². The van der Waals surface area contributed by atoms with Gasteiger partial charge in [0.2, 0.25) is 0 Å². The van der Waals surface area contributed by atoms with Gasteiger partial charge < -0.3 is 10.6 Å². The molecule has 5 heteroatoms. The molecule has 2 aliphatic rings. The van der Waals surface area contributed by atoms with Crippen LogP contribution in [0.1, 0.15) is 12.8 Å². The Balaban J connectivity index is 0.000000500. The van der Waals surface area contributed by atoms with Gasteiger partial charge >= 0.3 is 6.03 Å². The molecule has 0 aromatic carbocycles. The Morgan fingerprint density at radius 3 is 2.27 bits per heavy atom. The quantitative estimate of drug-likeness (QED) is 0.647. The molecule has 1 atom stereocenters. The van der Waals surface area contributed by atoms with Crippen molar-refractivity contribution in [1.29, 1.82) is 0 Å². The molecule has 1 saturated heterocycles. The van der Waals surface area contributed by atoms with Gasteiger partial charge in [-0.05, 0) is 18.8 Å². The van der Waals surface area contributed by atoms with E-state index in [2.05, 4.69) is 10.6 Å². The first-order chi connectivity index (χ1) is 4.36. The number of carbonyl (C=O) groups is 1. The van der Waals surface area contributed by atoms with E-state index in [9.17, 15) is 4.79 Å². The van der Waals surface area contributed by atoms with E-state index in [1.165, 1.54) is 12.8 Å². The summed E-state index contributed by atoms with van der Waals surface area (Å²) in [4.78, 5) is 10.6. The van der Waals surface area contributed by atoms with Gasteiger partial charge in [0, 0.05) is 6.54 Å². The van der Waals surface area contributed by atoms with Crippen LogP contribution in [0.25, 0.3) is 0 Å². The molecule has 66 valence electrons. The summed E-state index contributed by atoms with van der Waals surface area (Å²) in [5, 5.41) is 5.61. The summed E-state index contributed by atoms with van der Waals surface area (Å²) in [6.45, 7) is 0.837.